The van der Waals surface area contributed by atoms with E-state index in [0.29, 0.717) is 18.9 Å². The molecule has 28 heavy (non-hydrogen) atoms. The van der Waals surface area contributed by atoms with Crippen LogP contribution in [0.25, 0.3) is 0 Å². The smallest absolute Gasteiger partial charge is 0.191 e. The number of fused-ring (bicyclic) bond motifs is 1. The maximum absolute atomic E-state index is 10.4. The van der Waals surface area contributed by atoms with E-state index in [9.17, 15) is 10.2 Å². The number of benzene rings is 1. The van der Waals surface area contributed by atoms with Crippen LogP contribution in [0.1, 0.15) is 49.3 Å². The number of phenols is 1. The number of aliphatic hydroxyl groups excluding tert-OH is 1. The van der Waals surface area contributed by atoms with E-state index in [-0.39, 0.29) is 36.0 Å². The topological polar surface area (TPSA) is 86.1 Å². The van der Waals surface area contributed by atoms with Gasteiger partial charge in [-0.1, -0.05) is 6.07 Å². The molecule has 0 spiro atoms. The van der Waals surface area contributed by atoms with Gasteiger partial charge in [0.15, 0.2) is 5.96 Å². The Labute approximate surface area is 185 Å². The number of guanidine groups is 1. The van der Waals surface area contributed by atoms with Crippen LogP contribution in [0.2, 0.25) is 0 Å². The first-order chi connectivity index (χ1) is 13.2. The molecule has 1 aliphatic heterocycles. The Morgan fingerprint density at radius 2 is 2.07 bits per heavy atom. The van der Waals surface area contributed by atoms with Gasteiger partial charge in [0.05, 0.1) is 13.2 Å². The molecule has 0 amide bonds. The highest BCUT2D eigenvalue weighted by atomic mass is 127. The van der Waals surface area contributed by atoms with Crippen LogP contribution in [0.4, 0.5) is 0 Å². The number of halogens is 1. The van der Waals surface area contributed by atoms with Gasteiger partial charge >= 0.3 is 0 Å². The molecule has 1 heterocycles. The van der Waals surface area contributed by atoms with E-state index in [1.165, 1.54) is 24.0 Å². The molecule has 7 heteroatoms. The summed E-state index contributed by atoms with van der Waals surface area (Å²) in [6, 6.07) is 3.86. The van der Waals surface area contributed by atoms with E-state index in [2.05, 4.69) is 16.7 Å². The second kappa shape index (κ2) is 11.2. The second-order valence-corrected chi connectivity index (χ2v) is 7.73. The number of ether oxygens (including phenoxy) is 1. The second-order valence-electron chi connectivity index (χ2n) is 7.73. The molecule has 1 saturated heterocycles. The lowest BCUT2D eigenvalue weighted by Gasteiger charge is -2.27. The normalized spacial score (nSPS) is 21.7. The van der Waals surface area contributed by atoms with Crippen LogP contribution in [-0.4, -0.2) is 49.1 Å². The Kier molecular flexibility index (Phi) is 9.30. The lowest BCUT2D eigenvalue weighted by molar-refractivity contribution is 0.127. The molecule has 1 unspecified atom stereocenters. The number of aryl methyl sites for hydroxylation is 1. The lowest BCUT2D eigenvalue weighted by atomic mass is 9.84. The number of aromatic hydroxyl groups is 1. The van der Waals surface area contributed by atoms with Crippen LogP contribution in [-0.2, 0) is 24.1 Å². The average Bonchev–Trinajstić information content (AvgIpc) is 3.14. The Morgan fingerprint density at radius 1 is 1.25 bits per heavy atom. The number of hydrogen-bond donors (Lipinski definition) is 4. The van der Waals surface area contributed by atoms with Crippen LogP contribution < -0.4 is 10.6 Å². The molecule has 6 nitrogen and oxygen atoms in total. The van der Waals surface area contributed by atoms with Gasteiger partial charge in [0, 0.05) is 37.3 Å². The highest BCUT2D eigenvalue weighted by molar-refractivity contribution is 14.0. The number of nitrogens with zero attached hydrogens (tertiary/aromatic N) is 1. The zero-order chi connectivity index (χ0) is 19.1. The fourth-order valence-electron chi connectivity index (χ4n) is 4.15. The van der Waals surface area contributed by atoms with E-state index in [1.807, 2.05) is 13.0 Å². The van der Waals surface area contributed by atoms with Gasteiger partial charge in [-0.05, 0) is 62.6 Å². The first-order valence-corrected chi connectivity index (χ1v) is 10.2. The molecule has 0 bridgehead atoms. The summed E-state index contributed by atoms with van der Waals surface area (Å²) >= 11 is 0. The molecule has 1 aliphatic carbocycles. The van der Waals surface area contributed by atoms with Gasteiger partial charge in [0.1, 0.15) is 5.75 Å². The van der Waals surface area contributed by atoms with Crippen molar-refractivity contribution in [3.8, 4) is 5.75 Å². The average molecular weight is 503 g/mol. The maximum Gasteiger partial charge on any atom is 0.191 e. The monoisotopic (exact) mass is 503 g/mol. The van der Waals surface area contributed by atoms with Gasteiger partial charge in [-0.15, -0.1) is 24.0 Å². The summed E-state index contributed by atoms with van der Waals surface area (Å²) in [5.74, 6) is 1.09. The summed E-state index contributed by atoms with van der Waals surface area (Å²) in [5, 5.41) is 26.5. The van der Waals surface area contributed by atoms with Crippen molar-refractivity contribution in [1.82, 2.24) is 10.6 Å². The number of phenolic OH excluding ortho intramolecular Hbond substituents is 1. The fourth-order valence-corrected chi connectivity index (χ4v) is 4.15. The standard InChI is InChI=1S/C21H33N3O3.HI/c1-2-22-20(24-14-21(9-11-25)10-12-27-15-21)23-13-18-17-6-4-3-5-16(17)7-8-19(18)26;/h7-8,25-26H,2-6,9-15H2,1H3,(H2,22,23,24);1H. The van der Waals surface area contributed by atoms with E-state index in [0.717, 1.165) is 56.9 Å². The van der Waals surface area contributed by atoms with Gasteiger partial charge in [0.2, 0.25) is 0 Å². The SMILES string of the molecule is CCNC(=NCc1c(O)ccc2c1CCCC2)NCC1(CCO)CCOC1.I. The van der Waals surface area contributed by atoms with E-state index in [1.54, 1.807) is 0 Å². The molecule has 1 fully saturated rings. The van der Waals surface area contributed by atoms with Crippen LogP contribution in [0.3, 0.4) is 0 Å². The highest BCUT2D eigenvalue weighted by Gasteiger charge is 2.34. The maximum atomic E-state index is 10.4. The van der Waals surface area contributed by atoms with Crippen molar-refractivity contribution < 1.29 is 14.9 Å². The molecule has 1 atom stereocenters. The van der Waals surface area contributed by atoms with Crippen LogP contribution in [0.5, 0.6) is 5.75 Å². The van der Waals surface area contributed by atoms with Crippen molar-refractivity contribution in [2.24, 2.45) is 10.4 Å². The highest BCUT2D eigenvalue weighted by Crippen LogP contribution is 2.32. The van der Waals surface area contributed by atoms with Crippen LogP contribution in [0.15, 0.2) is 17.1 Å². The first-order valence-electron chi connectivity index (χ1n) is 10.2. The summed E-state index contributed by atoms with van der Waals surface area (Å²) in [5.41, 5.74) is 3.56. The predicted molar refractivity (Wildman–Crippen MR) is 123 cm³/mol. The Hall–Kier alpha value is -1.06. The Balaban J connectivity index is 0.00000280. The summed E-state index contributed by atoms with van der Waals surface area (Å²) in [4.78, 5) is 4.74. The van der Waals surface area contributed by atoms with Crippen molar-refractivity contribution in [2.45, 2.75) is 52.0 Å². The van der Waals surface area contributed by atoms with Gasteiger partial charge < -0.3 is 25.6 Å². The third-order valence-electron chi connectivity index (χ3n) is 5.82. The summed E-state index contributed by atoms with van der Waals surface area (Å²) in [6.07, 6.45) is 6.19. The fraction of sp³-hybridized carbons (Fsp3) is 0.667. The van der Waals surface area contributed by atoms with Crippen molar-refractivity contribution in [1.29, 1.82) is 0 Å². The summed E-state index contributed by atoms with van der Waals surface area (Å²) in [6.45, 7) is 5.59. The Morgan fingerprint density at radius 3 is 2.79 bits per heavy atom. The summed E-state index contributed by atoms with van der Waals surface area (Å²) < 4.78 is 5.57. The van der Waals surface area contributed by atoms with Gasteiger partial charge in [0.25, 0.3) is 0 Å². The molecule has 0 saturated carbocycles. The zero-order valence-corrected chi connectivity index (χ0v) is 19.1. The van der Waals surface area contributed by atoms with Crippen LogP contribution >= 0.6 is 24.0 Å². The minimum absolute atomic E-state index is 0. The largest absolute Gasteiger partial charge is 0.508 e. The van der Waals surface area contributed by atoms with Crippen molar-refractivity contribution >= 4 is 29.9 Å². The predicted octanol–water partition coefficient (Wildman–Crippen LogP) is 2.73. The third-order valence-corrected chi connectivity index (χ3v) is 5.82. The van der Waals surface area contributed by atoms with Crippen molar-refractivity contribution in [2.75, 3.05) is 32.9 Å². The molecular weight excluding hydrogens is 469 g/mol. The number of nitrogens with one attached hydrogen (secondary N) is 2. The van der Waals surface area contributed by atoms with E-state index in [4.69, 9.17) is 9.73 Å². The summed E-state index contributed by atoms with van der Waals surface area (Å²) in [7, 11) is 0. The molecule has 0 radical (unpaired) electrons. The third kappa shape index (κ3) is 5.73. The first kappa shape index (κ1) is 23.2. The Bertz CT molecular complexity index is 661. The molecule has 1 aromatic carbocycles. The van der Waals surface area contributed by atoms with Gasteiger partial charge in [-0.2, -0.15) is 0 Å². The van der Waals surface area contributed by atoms with E-state index >= 15 is 0 Å². The number of aliphatic imine (C=N–C) groups is 1. The molecule has 1 aromatic rings. The van der Waals surface area contributed by atoms with E-state index < -0.39 is 0 Å². The van der Waals surface area contributed by atoms with Crippen LogP contribution in [0, 0.1) is 5.41 Å². The molecule has 158 valence electrons. The molecule has 0 aromatic heterocycles. The van der Waals surface area contributed by atoms with Crippen molar-refractivity contribution in [3.05, 3.63) is 28.8 Å². The van der Waals surface area contributed by atoms with Crippen molar-refractivity contribution in [3.63, 3.8) is 0 Å². The minimum atomic E-state index is -0.0288. The zero-order valence-electron chi connectivity index (χ0n) is 16.8. The lowest BCUT2D eigenvalue weighted by Crippen LogP contribution is -2.44. The molecular formula is C21H34IN3O3. The quantitative estimate of drug-likeness (QED) is 0.261. The minimum Gasteiger partial charge on any atom is -0.508 e. The molecule has 4 N–H and O–H groups in total. The molecule has 2 aliphatic rings. The number of aliphatic hydroxyl groups is 1. The molecule has 3 rings (SSSR count). The van der Waals surface area contributed by atoms with Gasteiger partial charge in [-0.25, -0.2) is 4.99 Å². The number of rotatable bonds is 7. The van der Waals surface area contributed by atoms with Gasteiger partial charge in [-0.3, -0.25) is 0 Å². The number of hydrogen-bond acceptors (Lipinski definition) is 4.